The largest absolute Gasteiger partial charge is 0.508 e. The van der Waals surface area contributed by atoms with Crippen LogP contribution in [0.4, 0.5) is 0 Å². The van der Waals surface area contributed by atoms with Crippen molar-refractivity contribution in [1.29, 1.82) is 0 Å². The molecule has 0 radical (unpaired) electrons. The van der Waals surface area contributed by atoms with Gasteiger partial charge >= 0.3 is 5.97 Å². The predicted octanol–water partition coefficient (Wildman–Crippen LogP) is 0.858. The molecule has 1 rings (SSSR count). The van der Waals surface area contributed by atoms with Crippen molar-refractivity contribution in [1.82, 2.24) is 5.23 Å². The number of aliphatic carboxylic acids is 1. The third-order valence-electron chi connectivity index (χ3n) is 2.21. The van der Waals surface area contributed by atoms with Crippen molar-refractivity contribution >= 4 is 5.97 Å². The van der Waals surface area contributed by atoms with E-state index in [1.807, 2.05) is 0 Å². The van der Waals surface area contributed by atoms with E-state index in [1.165, 1.54) is 12.1 Å². The molecule has 0 bridgehead atoms. The highest BCUT2D eigenvalue weighted by Gasteiger charge is 2.22. The van der Waals surface area contributed by atoms with Gasteiger partial charge in [-0.3, -0.25) is 15.2 Å². The molecule has 0 aromatic heterocycles. The van der Waals surface area contributed by atoms with Crippen molar-refractivity contribution in [3.8, 4) is 5.75 Å². The first-order valence-corrected chi connectivity index (χ1v) is 4.68. The van der Waals surface area contributed by atoms with Gasteiger partial charge in [-0.2, -0.15) is 0 Å². The molecule has 0 spiro atoms. The van der Waals surface area contributed by atoms with Gasteiger partial charge in [0.05, 0.1) is 0 Å². The minimum absolute atomic E-state index is 0.0626. The molecule has 0 heterocycles. The summed E-state index contributed by atoms with van der Waals surface area (Å²) in [5.41, 5.74) is 0.811. The van der Waals surface area contributed by atoms with Gasteiger partial charge in [0.15, 0.2) is 6.04 Å². The number of carbonyl (C=O) groups is 1. The lowest BCUT2D eigenvalue weighted by Crippen LogP contribution is -2.36. The van der Waals surface area contributed by atoms with Crippen LogP contribution in [0.3, 0.4) is 0 Å². The second-order valence-electron chi connectivity index (χ2n) is 3.38. The van der Waals surface area contributed by atoms with Gasteiger partial charge in [-0.1, -0.05) is 17.4 Å². The number of nitrogens with zero attached hydrogens (tertiary/aromatic N) is 1. The molecule has 0 aliphatic heterocycles. The molecule has 1 aromatic carbocycles. The maximum absolute atomic E-state index is 10.6. The molecule has 6 heteroatoms. The molecule has 0 aliphatic carbocycles. The van der Waals surface area contributed by atoms with Crippen molar-refractivity contribution in [3.05, 3.63) is 29.8 Å². The van der Waals surface area contributed by atoms with Crippen molar-refractivity contribution in [2.24, 2.45) is 0 Å². The van der Waals surface area contributed by atoms with Crippen LogP contribution in [0.1, 0.15) is 12.0 Å². The summed E-state index contributed by atoms with van der Waals surface area (Å²) in [5.74, 6) is -1.17. The third kappa shape index (κ3) is 3.50. The van der Waals surface area contributed by atoms with Crippen molar-refractivity contribution < 1.29 is 25.4 Å². The standard InChI is InChI=1S/C10H13NO5/c12-8-4-1-7(2-5-8)3-6-9(10(13)14)11(15)16/h1-2,4-5,9,12,15-16H,3,6H2,(H,13,14)/t9-/m0/s1. The zero-order valence-electron chi connectivity index (χ0n) is 8.45. The summed E-state index contributed by atoms with van der Waals surface area (Å²) in [5, 5.41) is 34.7. The number of aryl methyl sites for hydroxylation is 1. The molecule has 0 unspecified atom stereocenters. The zero-order chi connectivity index (χ0) is 12.1. The van der Waals surface area contributed by atoms with E-state index in [1.54, 1.807) is 12.1 Å². The molecule has 88 valence electrons. The molecular weight excluding hydrogens is 214 g/mol. The van der Waals surface area contributed by atoms with E-state index in [4.69, 9.17) is 20.6 Å². The van der Waals surface area contributed by atoms with Crippen LogP contribution in [0.25, 0.3) is 0 Å². The zero-order valence-corrected chi connectivity index (χ0v) is 8.45. The lowest BCUT2D eigenvalue weighted by atomic mass is 10.1. The minimum atomic E-state index is -1.35. The quantitative estimate of drug-likeness (QED) is 0.556. The van der Waals surface area contributed by atoms with Gasteiger partial charge in [0, 0.05) is 0 Å². The molecular formula is C10H13NO5. The van der Waals surface area contributed by atoms with E-state index in [2.05, 4.69) is 0 Å². The summed E-state index contributed by atoms with van der Waals surface area (Å²) in [6, 6.07) is 4.91. The fraction of sp³-hybridized carbons (Fsp3) is 0.300. The van der Waals surface area contributed by atoms with E-state index in [-0.39, 0.29) is 17.4 Å². The SMILES string of the molecule is O=C(O)[C@H](CCc1ccc(O)cc1)N(O)O. The number of phenols is 1. The normalized spacial score (nSPS) is 12.7. The molecule has 4 N–H and O–H groups in total. The van der Waals surface area contributed by atoms with Crippen LogP contribution in [0, 0.1) is 0 Å². The predicted molar refractivity (Wildman–Crippen MR) is 53.3 cm³/mol. The van der Waals surface area contributed by atoms with Gasteiger partial charge in [-0.05, 0) is 30.5 Å². The summed E-state index contributed by atoms with van der Waals surface area (Å²) in [4.78, 5) is 10.6. The smallest absolute Gasteiger partial charge is 0.325 e. The van der Waals surface area contributed by atoms with E-state index in [0.717, 1.165) is 5.56 Å². The lowest BCUT2D eigenvalue weighted by Gasteiger charge is -2.15. The van der Waals surface area contributed by atoms with E-state index < -0.39 is 12.0 Å². The Hall–Kier alpha value is -1.63. The number of benzene rings is 1. The summed E-state index contributed by atoms with van der Waals surface area (Å²) in [6.45, 7) is 0. The molecule has 6 nitrogen and oxygen atoms in total. The van der Waals surface area contributed by atoms with Crippen LogP contribution in [0.15, 0.2) is 24.3 Å². The fourth-order valence-corrected chi connectivity index (χ4v) is 1.30. The van der Waals surface area contributed by atoms with Gasteiger partial charge in [-0.15, -0.1) is 0 Å². The van der Waals surface area contributed by atoms with Crippen LogP contribution in [0.5, 0.6) is 5.75 Å². The van der Waals surface area contributed by atoms with Gasteiger partial charge in [-0.25, -0.2) is 0 Å². The molecule has 1 atom stereocenters. The monoisotopic (exact) mass is 227 g/mol. The van der Waals surface area contributed by atoms with E-state index >= 15 is 0 Å². The Morgan fingerprint density at radius 3 is 2.25 bits per heavy atom. The molecule has 1 aromatic rings. The molecule has 0 amide bonds. The summed E-state index contributed by atoms with van der Waals surface area (Å²) < 4.78 is 0. The summed E-state index contributed by atoms with van der Waals surface area (Å²) >= 11 is 0. The first-order valence-electron chi connectivity index (χ1n) is 4.68. The Kier molecular flexibility index (Phi) is 4.24. The van der Waals surface area contributed by atoms with Crippen molar-refractivity contribution in [3.63, 3.8) is 0 Å². The Morgan fingerprint density at radius 1 is 1.25 bits per heavy atom. The van der Waals surface area contributed by atoms with E-state index in [9.17, 15) is 4.79 Å². The number of hydrogen-bond acceptors (Lipinski definition) is 5. The molecule has 0 aliphatic rings. The molecule has 0 fully saturated rings. The van der Waals surface area contributed by atoms with Crippen LogP contribution >= 0.6 is 0 Å². The van der Waals surface area contributed by atoms with Gasteiger partial charge < -0.3 is 10.2 Å². The summed E-state index contributed by atoms with van der Waals surface area (Å²) in [7, 11) is 0. The number of rotatable bonds is 5. The summed E-state index contributed by atoms with van der Waals surface area (Å²) in [6.07, 6.45) is 0.433. The second kappa shape index (κ2) is 5.45. The van der Waals surface area contributed by atoms with Crippen LogP contribution in [-0.2, 0) is 11.2 Å². The fourth-order valence-electron chi connectivity index (χ4n) is 1.30. The minimum Gasteiger partial charge on any atom is -0.508 e. The van der Waals surface area contributed by atoms with Crippen LogP contribution < -0.4 is 0 Å². The molecule has 0 saturated heterocycles. The average Bonchev–Trinajstić information content (AvgIpc) is 2.20. The maximum Gasteiger partial charge on any atom is 0.325 e. The first-order chi connectivity index (χ1) is 7.50. The average molecular weight is 227 g/mol. The Balaban J connectivity index is 2.55. The second-order valence-corrected chi connectivity index (χ2v) is 3.38. The third-order valence-corrected chi connectivity index (χ3v) is 2.21. The molecule has 16 heavy (non-hydrogen) atoms. The Morgan fingerprint density at radius 2 is 1.81 bits per heavy atom. The first kappa shape index (κ1) is 12.4. The van der Waals surface area contributed by atoms with Crippen LogP contribution in [-0.4, -0.2) is 37.9 Å². The van der Waals surface area contributed by atoms with Crippen molar-refractivity contribution in [2.45, 2.75) is 18.9 Å². The highest BCUT2D eigenvalue weighted by atomic mass is 16.8. The Bertz CT molecular complexity index is 349. The molecule has 0 saturated carbocycles. The number of carboxylic acids is 1. The van der Waals surface area contributed by atoms with Crippen molar-refractivity contribution in [2.75, 3.05) is 0 Å². The highest BCUT2D eigenvalue weighted by Crippen LogP contribution is 2.13. The maximum atomic E-state index is 10.6. The number of hydrogen-bond donors (Lipinski definition) is 4. The van der Waals surface area contributed by atoms with Crippen LogP contribution in [0.2, 0.25) is 0 Å². The highest BCUT2D eigenvalue weighted by molar-refractivity contribution is 5.73. The number of aromatic hydroxyl groups is 1. The number of carboxylic acid groups (broad SMARTS) is 1. The Labute approximate surface area is 91.9 Å². The number of hydroxylamine groups is 2. The van der Waals surface area contributed by atoms with E-state index in [0.29, 0.717) is 6.42 Å². The van der Waals surface area contributed by atoms with Gasteiger partial charge in [0.25, 0.3) is 0 Å². The lowest BCUT2D eigenvalue weighted by molar-refractivity contribution is -0.328. The van der Waals surface area contributed by atoms with Gasteiger partial charge in [0.1, 0.15) is 5.75 Å². The number of phenolic OH excluding ortho intramolecular Hbond substituents is 1. The van der Waals surface area contributed by atoms with Gasteiger partial charge in [0.2, 0.25) is 0 Å². The topological polar surface area (TPSA) is 101 Å².